The summed E-state index contributed by atoms with van der Waals surface area (Å²) in [5.74, 6) is -0.626. The van der Waals surface area contributed by atoms with Crippen LogP contribution >= 0.6 is 11.6 Å². The molecule has 7 nitrogen and oxygen atoms in total. The highest BCUT2D eigenvalue weighted by Crippen LogP contribution is 2.35. The van der Waals surface area contributed by atoms with Crippen molar-refractivity contribution in [3.05, 3.63) is 47.0 Å². The van der Waals surface area contributed by atoms with E-state index in [4.69, 9.17) is 27.2 Å². The molecule has 2 aromatic carbocycles. The Labute approximate surface area is 137 Å². The number of carbonyl (C=O) groups is 1. The van der Waals surface area contributed by atoms with Crippen LogP contribution in [0.15, 0.2) is 41.3 Å². The van der Waals surface area contributed by atoms with E-state index in [1.807, 2.05) is 0 Å². The van der Waals surface area contributed by atoms with Crippen molar-refractivity contribution in [3.8, 4) is 11.5 Å². The Kier molecular flexibility index (Phi) is 4.79. The fraction of sp³-hybridized carbons (Fsp3) is 0.0714. The molecule has 9 heteroatoms. The molecule has 0 saturated heterocycles. The number of benzene rings is 2. The Morgan fingerprint density at radius 3 is 2.30 bits per heavy atom. The van der Waals surface area contributed by atoms with Crippen molar-refractivity contribution in [1.82, 2.24) is 0 Å². The van der Waals surface area contributed by atoms with Gasteiger partial charge in [-0.25, -0.2) is 18.4 Å². The minimum absolute atomic E-state index is 0.0579. The molecule has 0 amide bonds. The van der Waals surface area contributed by atoms with Gasteiger partial charge < -0.3 is 15.2 Å². The number of primary sulfonamides is 1. The lowest BCUT2D eigenvalue weighted by Crippen LogP contribution is -2.16. The summed E-state index contributed by atoms with van der Waals surface area (Å²) in [4.78, 5) is 11.2. The predicted octanol–water partition coefficient (Wildman–Crippen LogP) is 2.15. The topological polar surface area (TPSA) is 122 Å². The quantitative estimate of drug-likeness (QED) is 0.639. The molecule has 0 bridgehead atoms. The van der Waals surface area contributed by atoms with Gasteiger partial charge in [-0.3, -0.25) is 0 Å². The number of halogens is 1. The SMILES string of the molecule is COC(=O)c1cc(N)c(Oc2ccc(Cl)cc2)c(S(N)(=O)=O)c1. The fourth-order valence-electron chi connectivity index (χ4n) is 1.80. The van der Waals surface area contributed by atoms with E-state index in [0.717, 1.165) is 13.2 Å². The second-order valence-electron chi connectivity index (χ2n) is 4.49. The van der Waals surface area contributed by atoms with Crippen molar-refractivity contribution in [2.75, 3.05) is 12.8 Å². The Balaban J connectivity index is 2.57. The molecular weight excluding hydrogens is 344 g/mol. The molecule has 0 unspecified atom stereocenters. The number of nitrogens with two attached hydrogens (primary N) is 2. The van der Waals surface area contributed by atoms with E-state index in [-0.39, 0.29) is 17.0 Å². The van der Waals surface area contributed by atoms with Gasteiger partial charge in [-0.2, -0.15) is 0 Å². The summed E-state index contributed by atoms with van der Waals surface area (Å²) < 4.78 is 33.6. The van der Waals surface area contributed by atoms with Crippen LogP contribution in [-0.2, 0) is 14.8 Å². The second-order valence-corrected chi connectivity index (χ2v) is 6.45. The van der Waals surface area contributed by atoms with Crippen LogP contribution in [0.4, 0.5) is 5.69 Å². The zero-order valence-corrected chi connectivity index (χ0v) is 13.5. The molecule has 2 rings (SSSR count). The second kappa shape index (κ2) is 6.45. The highest BCUT2D eigenvalue weighted by molar-refractivity contribution is 7.89. The van der Waals surface area contributed by atoms with Crippen LogP contribution in [0, 0.1) is 0 Å². The molecule has 0 saturated carbocycles. The lowest BCUT2D eigenvalue weighted by Gasteiger charge is -2.14. The third-order valence-electron chi connectivity index (χ3n) is 2.84. The first-order valence-corrected chi connectivity index (χ1v) is 8.13. The first-order chi connectivity index (χ1) is 10.7. The van der Waals surface area contributed by atoms with E-state index in [0.29, 0.717) is 10.8 Å². The molecular formula is C14H13ClN2O5S. The van der Waals surface area contributed by atoms with Crippen LogP contribution < -0.4 is 15.6 Å². The zero-order chi connectivity index (χ0) is 17.2. The van der Waals surface area contributed by atoms with Crippen molar-refractivity contribution in [2.45, 2.75) is 4.90 Å². The van der Waals surface area contributed by atoms with E-state index in [9.17, 15) is 13.2 Å². The maximum Gasteiger partial charge on any atom is 0.337 e. The number of rotatable bonds is 4. The van der Waals surface area contributed by atoms with Crippen LogP contribution in [-0.4, -0.2) is 21.5 Å². The third-order valence-corrected chi connectivity index (χ3v) is 4.01. The molecule has 0 spiro atoms. The molecule has 0 atom stereocenters. The summed E-state index contributed by atoms with van der Waals surface area (Å²) in [7, 11) is -3.03. The average Bonchev–Trinajstić information content (AvgIpc) is 2.49. The molecule has 0 heterocycles. The smallest absolute Gasteiger partial charge is 0.337 e. The molecule has 0 aliphatic carbocycles. The lowest BCUT2D eigenvalue weighted by atomic mass is 10.2. The minimum atomic E-state index is -4.19. The summed E-state index contributed by atoms with van der Waals surface area (Å²) in [6.45, 7) is 0. The van der Waals surface area contributed by atoms with E-state index >= 15 is 0 Å². The van der Waals surface area contributed by atoms with Crippen molar-refractivity contribution in [3.63, 3.8) is 0 Å². The van der Waals surface area contributed by atoms with Crippen LogP contribution in [0.5, 0.6) is 11.5 Å². The van der Waals surface area contributed by atoms with E-state index in [2.05, 4.69) is 4.74 Å². The highest BCUT2D eigenvalue weighted by atomic mass is 35.5. The molecule has 23 heavy (non-hydrogen) atoms. The number of carbonyl (C=O) groups excluding carboxylic acids is 1. The summed E-state index contributed by atoms with van der Waals surface area (Å²) in [5.41, 5.74) is 5.68. The van der Waals surface area contributed by atoms with Gasteiger partial charge >= 0.3 is 5.97 Å². The predicted molar refractivity (Wildman–Crippen MR) is 85.1 cm³/mol. The maximum atomic E-state index is 11.8. The summed E-state index contributed by atoms with van der Waals surface area (Å²) in [6, 6.07) is 8.47. The molecule has 0 radical (unpaired) electrons. The normalized spacial score (nSPS) is 11.1. The Hall–Kier alpha value is -2.29. The van der Waals surface area contributed by atoms with Crippen LogP contribution in [0.1, 0.15) is 10.4 Å². The Bertz CT molecular complexity index is 850. The average molecular weight is 357 g/mol. The number of nitrogen functional groups attached to an aromatic ring is 1. The van der Waals surface area contributed by atoms with Gasteiger partial charge in [0.1, 0.15) is 10.6 Å². The molecule has 0 aliphatic rings. The summed E-state index contributed by atoms with van der Waals surface area (Å²) in [5, 5.41) is 5.66. The number of anilines is 1. The molecule has 122 valence electrons. The van der Waals surface area contributed by atoms with Crippen molar-refractivity contribution < 1.29 is 22.7 Å². The van der Waals surface area contributed by atoms with E-state index < -0.39 is 20.9 Å². The van der Waals surface area contributed by atoms with Gasteiger partial charge in [0, 0.05) is 5.02 Å². The molecule has 4 N–H and O–H groups in total. The van der Waals surface area contributed by atoms with Crippen LogP contribution in [0.3, 0.4) is 0 Å². The van der Waals surface area contributed by atoms with Gasteiger partial charge in [-0.15, -0.1) is 0 Å². The number of ether oxygens (including phenoxy) is 2. The van der Waals surface area contributed by atoms with E-state index in [1.165, 1.54) is 18.2 Å². The number of methoxy groups -OCH3 is 1. The molecule has 0 fully saturated rings. The van der Waals surface area contributed by atoms with Gasteiger partial charge in [-0.05, 0) is 36.4 Å². The summed E-state index contributed by atoms with van der Waals surface area (Å²) >= 11 is 5.77. The van der Waals surface area contributed by atoms with Gasteiger partial charge in [0.05, 0.1) is 18.4 Å². The molecule has 0 aromatic heterocycles. The molecule has 0 aliphatic heterocycles. The monoisotopic (exact) mass is 356 g/mol. The number of hydrogen-bond donors (Lipinski definition) is 2. The van der Waals surface area contributed by atoms with Crippen molar-refractivity contribution in [2.24, 2.45) is 5.14 Å². The maximum absolute atomic E-state index is 11.8. The van der Waals surface area contributed by atoms with Crippen LogP contribution in [0.2, 0.25) is 5.02 Å². The Morgan fingerprint density at radius 1 is 1.17 bits per heavy atom. The minimum Gasteiger partial charge on any atom is -0.465 e. The fourth-order valence-corrected chi connectivity index (χ4v) is 2.64. The number of esters is 1. The van der Waals surface area contributed by atoms with E-state index in [1.54, 1.807) is 12.1 Å². The molecule has 2 aromatic rings. The highest BCUT2D eigenvalue weighted by Gasteiger charge is 2.22. The third kappa shape index (κ3) is 3.92. The first-order valence-electron chi connectivity index (χ1n) is 6.20. The standard InChI is InChI=1S/C14H13ClN2O5S/c1-21-14(18)8-6-11(16)13(12(7-8)23(17,19)20)22-10-4-2-9(15)3-5-10/h2-7H,16H2,1H3,(H2,17,19,20). The van der Waals surface area contributed by atoms with Crippen molar-refractivity contribution in [1.29, 1.82) is 0 Å². The largest absolute Gasteiger partial charge is 0.465 e. The van der Waals surface area contributed by atoms with Gasteiger partial charge in [0.2, 0.25) is 10.0 Å². The first kappa shape index (κ1) is 17.1. The van der Waals surface area contributed by atoms with Crippen LogP contribution in [0.25, 0.3) is 0 Å². The van der Waals surface area contributed by atoms with Crippen molar-refractivity contribution >= 4 is 33.3 Å². The Morgan fingerprint density at radius 2 is 1.78 bits per heavy atom. The lowest BCUT2D eigenvalue weighted by molar-refractivity contribution is 0.0600. The van der Waals surface area contributed by atoms with Gasteiger partial charge in [0.15, 0.2) is 5.75 Å². The summed E-state index contributed by atoms with van der Waals surface area (Å²) in [6.07, 6.45) is 0. The van der Waals surface area contributed by atoms with Gasteiger partial charge in [-0.1, -0.05) is 11.6 Å². The van der Waals surface area contributed by atoms with Gasteiger partial charge in [0.25, 0.3) is 0 Å². The number of sulfonamides is 1. The number of hydrogen-bond acceptors (Lipinski definition) is 6. The zero-order valence-electron chi connectivity index (χ0n) is 11.9.